The van der Waals surface area contributed by atoms with Gasteiger partial charge in [-0.1, -0.05) is 19.1 Å². The van der Waals surface area contributed by atoms with Crippen LogP contribution in [0.4, 0.5) is 13.2 Å². The second-order valence-electron chi connectivity index (χ2n) is 4.79. The van der Waals surface area contributed by atoms with E-state index in [1.54, 1.807) is 6.33 Å². The molecule has 0 bridgehead atoms. The van der Waals surface area contributed by atoms with Crippen LogP contribution in [0.5, 0.6) is 0 Å². The Morgan fingerprint density at radius 2 is 2.05 bits per heavy atom. The van der Waals surface area contributed by atoms with Crippen LogP contribution in [0.3, 0.4) is 0 Å². The second kappa shape index (κ2) is 6.26. The minimum atomic E-state index is -4.11. The number of halogens is 3. The smallest absolute Gasteiger partial charge is 0.329 e. The topological polar surface area (TPSA) is 29.9 Å². The van der Waals surface area contributed by atoms with Gasteiger partial charge in [0.1, 0.15) is 0 Å². The Bertz CT molecular complexity index is 548. The summed E-state index contributed by atoms with van der Waals surface area (Å²) in [5, 5.41) is 3.11. The van der Waals surface area contributed by atoms with Crippen LogP contribution < -0.4 is 5.32 Å². The van der Waals surface area contributed by atoms with Crippen molar-refractivity contribution >= 4 is 11.0 Å². The lowest BCUT2D eigenvalue weighted by atomic mass is 10.1. The highest BCUT2D eigenvalue weighted by Gasteiger charge is 2.28. The Hall–Kier alpha value is -1.56. The van der Waals surface area contributed by atoms with E-state index in [1.165, 1.54) is 0 Å². The number of hydrogen-bond donors (Lipinski definition) is 1. The Kier molecular flexibility index (Phi) is 4.65. The fourth-order valence-corrected chi connectivity index (χ4v) is 2.28. The molecule has 1 heterocycles. The molecule has 1 aromatic carbocycles. The van der Waals surface area contributed by atoms with Gasteiger partial charge >= 0.3 is 6.18 Å². The molecule has 20 heavy (non-hydrogen) atoms. The third-order valence-corrected chi connectivity index (χ3v) is 3.21. The van der Waals surface area contributed by atoms with Gasteiger partial charge in [0.15, 0.2) is 0 Å². The van der Waals surface area contributed by atoms with Crippen molar-refractivity contribution in [2.45, 2.75) is 38.5 Å². The molecule has 0 amide bonds. The molecule has 2 rings (SSSR count). The summed E-state index contributed by atoms with van der Waals surface area (Å²) >= 11 is 0. The van der Waals surface area contributed by atoms with Gasteiger partial charge in [0.05, 0.1) is 17.4 Å². The van der Waals surface area contributed by atoms with Crippen LogP contribution in [-0.2, 0) is 6.54 Å². The summed E-state index contributed by atoms with van der Waals surface area (Å²) in [6.45, 7) is 3.03. The van der Waals surface area contributed by atoms with E-state index >= 15 is 0 Å². The van der Waals surface area contributed by atoms with E-state index in [-0.39, 0.29) is 12.5 Å². The maximum atomic E-state index is 12.3. The third kappa shape index (κ3) is 3.96. The summed E-state index contributed by atoms with van der Waals surface area (Å²) in [6.07, 6.45) is -3.12. The van der Waals surface area contributed by atoms with Crippen LogP contribution in [0, 0.1) is 0 Å². The highest BCUT2D eigenvalue weighted by molar-refractivity contribution is 5.74. The first-order chi connectivity index (χ1) is 9.49. The quantitative estimate of drug-likeness (QED) is 0.882. The molecule has 0 fully saturated rings. The standard InChI is InChI=1S/C14H18F3N3/c1-2-18-11(7-8-14(15,16)17)9-20-10-19-12-5-3-4-6-13(12)20/h3-6,10-11,18H,2,7-9H2,1H3. The van der Waals surface area contributed by atoms with Crippen LogP contribution in [0.15, 0.2) is 30.6 Å². The Morgan fingerprint density at radius 3 is 2.75 bits per heavy atom. The predicted molar refractivity (Wildman–Crippen MR) is 72.5 cm³/mol. The van der Waals surface area contributed by atoms with Crippen LogP contribution in [-0.4, -0.2) is 28.3 Å². The van der Waals surface area contributed by atoms with Gasteiger partial charge in [-0.25, -0.2) is 4.98 Å². The van der Waals surface area contributed by atoms with Gasteiger partial charge in [-0.05, 0) is 25.1 Å². The van der Waals surface area contributed by atoms with Gasteiger partial charge in [0.2, 0.25) is 0 Å². The zero-order valence-corrected chi connectivity index (χ0v) is 11.3. The Labute approximate surface area is 115 Å². The molecule has 1 N–H and O–H groups in total. The molecule has 2 aromatic rings. The Balaban J connectivity index is 2.07. The fraction of sp³-hybridized carbons (Fsp3) is 0.500. The molecule has 0 aliphatic carbocycles. The molecule has 0 aliphatic heterocycles. The van der Waals surface area contributed by atoms with E-state index in [1.807, 2.05) is 35.8 Å². The van der Waals surface area contributed by atoms with Crippen LogP contribution in [0.1, 0.15) is 19.8 Å². The normalized spacial score (nSPS) is 13.8. The van der Waals surface area contributed by atoms with E-state index < -0.39 is 12.6 Å². The van der Waals surface area contributed by atoms with Crippen molar-refractivity contribution in [1.82, 2.24) is 14.9 Å². The number of benzene rings is 1. The largest absolute Gasteiger partial charge is 0.389 e. The van der Waals surface area contributed by atoms with Gasteiger partial charge in [0, 0.05) is 19.0 Å². The number of fused-ring (bicyclic) bond motifs is 1. The zero-order valence-electron chi connectivity index (χ0n) is 11.3. The highest BCUT2D eigenvalue weighted by atomic mass is 19.4. The summed E-state index contributed by atoms with van der Waals surface area (Å²) in [5.74, 6) is 0. The monoisotopic (exact) mass is 285 g/mol. The van der Waals surface area contributed by atoms with Gasteiger partial charge in [0.25, 0.3) is 0 Å². The molecule has 3 nitrogen and oxygen atoms in total. The summed E-state index contributed by atoms with van der Waals surface area (Å²) in [5.41, 5.74) is 1.81. The van der Waals surface area contributed by atoms with Crippen molar-refractivity contribution in [3.05, 3.63) is 30.6 Å². The van der Waals surface area contributed by atoms with E-state index in [0.29, 0.717) is 13.1 Å². The molecule has 1 aromatic heterocycles. The number of hydrogen-bond acceptors (Lipinski definition) is 2. The van der Waals surface area contributed by atoms with E-state index in [4.69, 9.17) is 0 Å². The summed E-state index contributed by atoms with van der Waals surface area (Å²) in [4.78, 5) is 4.25. The van der Waals surface area contributed by atoms with Crippen molar-refractivity contribution in [3.63, 3.8) is 0 Å². The molecule has 0 saturated heterocycles. The van der Waals surface area contributed by atoms with Crippen molar-refractivity contribution in [3.8, 4) is 0 Å². The second-order valence-corrected chi connectivity index (χ2v) is 4.79. The van der Waals surface area contributed by atoms with Gasteiger partial charge < -0.3 is 9.88 Å². The van der Waals surface area contributed by atoms with Crippen molar-refractivity contribution in [2.24, 2.45) is 0 Å². The zero-order chi connectivity index (χ0) is 14.6. The van der Waals surface area contributed by atoms with Gasteiger partial charge in [-0.2, -0.15) is 13.2 Å². The molecule has 1 atom stereocenters. The molecule has 1 unspecified atom stereocenters. The van der Waals surface area contributed by atoms with E-state index in [2.05, 4.69) is 10.3 Å². The molecular weight excluding hydrogens is 267 g/mol. The van der Waals surface area contributed by atoms with E-state index in [0.717, 1.165) is 11.0 Å². The van der Waals surface area contributed by atoms with Crippen LogP contribution in [0.2, 0.25) is 0 Å². The molecule has 0 aliphatic rings. The van der Waals surface area contributed by atoms with Crippen molar-refractivity contribution in [2.75, 3.05) is 6.54 Å². The van der Waals surface area contributed by atoms with Gasteiger partial charge in [-0.15, -0.1) is 0 Å². The minimum Gasteiger partial charge on any atom is -0.329 e. The number of imidazole rings is 1. The van der Waals surface area contributed by atoms with Crippen molar-refractivity contribution in [1.29, 1.82) is 0 Å². The molecule has 110 valence electrons. The number of nitrogens with zero attached hydrogens (tertiary/aromatic N) is 2. The molecular formula is C14H18F3N3. The molecule has 0 saturated carbocycles. The van der Waals surface area contributed by atoms with Crippen molar-refractivity contribution < 1.29 is 13.2 Å². The predicted octanol–water partition coefficient (Wildman–Crippen LogP) is 3.36. The number of likely N-dealkylation sites (N-methyl/N-ethyl adjacent to an activating group) is 1. The molecule has 0 spiro atoms. The highest BCUT2D eigenvalue weighted by Crippen LogP contribution is 2.23. The minimum absolute atomic E-state index is 0.0733. The first-order valence-electron chi connectivity index (χ1n) is 6.69. The summed E-state index contributed by atoms with van der Waals surface area (Å²) in [7, 11) is 0. The lowest BCUT2D eigenvalue weighted by Crippen LogP contribution is -2.34. The maximum Gasteiger partial charge on any atom is 0.389 e. The number of nitrogens with one attached hydrogen (secondary N) is 1. The number of rotatable bonds is 6. The first-order valence-corrected chi connectivity index (χ1v) is 6.69. The van der Waals surface area contributed by atoms with Crippen LogP contribution in [0.25, 0.3) is 11.0 Å². The third-order valence-electron chi connectivity index (χ3n) is 3.21. The lowest BCUT2D eigenvalue weighted by molar-refractivity contribution is -0.136. The average Bonchev–Trinajstić information content (AvgIpc) is 2.79. The lowest BCUT2D eigenvalue weighted by Gasteiger charge is -2.19. The maximum absolute atomic E-state index is 12.3. The van der Waals surface area contributed by atoms with Gasteiger partial charge in [-0.3, -0.25) is 0 Å². The van der Waals surface area contributed by atoms with Crippen LogP contribution >= 0.6 is 0 Å². The average molecular weight is 285 g/mol. The number of alkyl halides is 3. The Morgan fingerprint density at radius 1 is 1.30 bits per heavy atom. The fourth-order valence-electron chi connectivity index (χ4n) is 2.28. The molecule has 6 heteroatoms. The number of aromatic nitrogens is 2. The summed E-state index contributed by atoms with van der Waals surface area (Å²) in [6, 6.07) is 7.40. The molecule has 0 radical (unpaired) electrons. The SMILES string of the molecule is CCNC(CCC(F)(F)F)Cn1cnc2ccccc21. The van der Waals surface area contributed by atoms with E-state index in [9.17, 15) is 13.2 Å². The summed E-state index contributed by atoms with van der Waals surface area (Å²) < 4.78 is 38.9. The first kappa shape index (κ1) is 14.8. The number of para-hydroxylation sites is 2.